The molecule has 2 aromatic carbocycles. The molecule has 0 radical (unpaired) electrons. The molecule has 2 nitrogen and oxygen atoms in total. The molecule has 0 aliphatic rings. The smallest absolute Gasteiger partial charge is 0.205 e. The van der Waals surface area contributed by atoms with E-state index in [4.69, 9.17) is 0 Å². The molecule has 0 saturated heterocycles. The Kier molecular flexibility index (Phi) is 6.96. The summed E-state index contributed by atoms with van der Waals surface area (Å²) in [4.78, 5) is 2.11. The molecule has 0 amide bonds. The zero-order chi connectivity index (χ0) is 16.8. The summed E-state index contributed by atoms with van der Waals surface area (Å²) >= 11 is 0. The van der Waals surface area contributed by atoms with Gasteiger partial charge in [-0.3, -0.25) is 0 Å². The van der Waals surface area contributed by atoms with Crippen molar-refractivity contribution < 1.29 is 21.5 Å². The summed E-state index contributed by atoms with van der Waals surface area (Å²) in [6.45, 7) is 0.876. The molecule has 1 aromatic heterocycles. The van der Waals surface area contributed by atoms with Gasteiger partial charge in [-0.15, -0.1) is 0 Å². The predicted octanol–water partition coefficient (Wildman–Crippen LogP) is 1.26. The van der Waals surface area contributed by atoms with Crippen LogP contribution in [0.2, 0.25) is 0 Å². The van der Waals surface area contributed by atoms with Crippen molar-refractivity contribution in [3.05, 3.63) is 95.8 Å². The zero-order valence-electron chi connectivity index (χ0n) is 14.6. The van der Waals surface area contributed by atoms with Gasteiger partial charge in [-0.05, 0) is 29.8 Å². The summed E-state index contributed by atoms with van der Waals surface area (Å²) in [5.74, 6) is 0. The van der Waals surface area contributed by atoms with Crippen LogP contribution in [0.1, 0.15) is 16.8 Å². The van der Waals surface area contributed by atoms with Crippen LogP contribution in [-0.4, -0.2) is 14.1 Å². The second-order valence-electron chi connectivity index (χ2n) is 6.06. The average Bonchev–Trinajstić information content (AvgIpc) is 2.62. The van der Waals surface area contributed by atoms with Crippen molar-refractivity contribution in [2.75, 3.05) is 19.0 Å². The first-order valence-electron chi connectivity index (χ1n) is 8.20. The van der Waals surface area contributed by atoms with Crippen molar-refractivity contribution in [3.8, 4) is 0 Å². The second kappa shape index (κ2) is 9.19. The van der Waals surface area contributed by atoms with Crippen molar-refractivity contribution in [2.24, 2.45) is 0 Å². The number of pyridine rings is 1. The van der Waals surface area contributed by atoms with Gasteiger partial charge in [0.15, 0.2) is 12.7 Å². The normalized spacial score (nSPS) is 10.5. The van der Waals surface area contributed by atoms with E-state index in [1.165, 1.54) is 22.5 Å². The Hall–Kier alpha value is -2.39. The van der Waals surface area contributed by atoms with Gasteiger partial charge in [0.2, 0.25) is 5.69 Å². The molecule has 0 saturated carbocycles. The van der Waals surface area contributed by atoms with Crippen LogP contribution in [0.15, 0.2) is 79.0 Å². The monoisotopic (exact) mass is 394 g/mol. The fraction of sp³-hybridized carbons (Fsp3) is 0.136. The summed E-state index contributed by atoms with van der Waals surface area (Å²) in [5, 5.41) is 0. The number of hydrogen-bond acceptors (Lipinski definition) is 1. The zero-order valence-corrected chi connectivity index (χ0v) is 16.2. The Balaban J connectivity index is 0.00000225. The van der Waals surface area contributed by atoms with Crippen LogP contribution in [0.4, 0.5) is 5.69 Å². The molecule has 3 rings (SSSR count). The van der Waals surface area contributed by atoms with Gasteiger partial charge in [-0.1, -0.05) is 42.5 Å². The Morgan fingerprint density at radius 3 is 2.16 bits per heavy atom. The highest BCUT2D eigenvalue weighted by atomic mass is 79.9. The lowest BCUT2D eigenvalue weighted by Crippen LogP contribution is -3.00. The highest BCUT2D eigenvalue weighted by Crippen LogP contribution is 2.14. The third-order valence-corrected chi connectivity index (χ3v) is 4.03. The minimum absolute atomic E-state index is 0. The Labute approximate surface area is 160 Å². The predicted molar refractivity (Wildman–Crippen MR) is 102 cm³/mol. The minimum atomic E-state index is 0. The van der Waals surface area contributed by atoms with Crippen molar-refractivity contribution >= 4 is 17.8 Å². The molecule has 128 valence electrons. The summed E-state index contributed by atoms with van der Waals surface area (Å²) in [5.41, 5.74) is 4.92. The van der Waals surface area contributed by atoms with Crippen molar-refractivity contribution in [1.29, 1.82) is 0 Å². The highest BCUT2D eigenvalue weighted by molar-refractivity contribution is 5.68. The van der Waals surface area contributed by atoms with Gasteiger partial charge in [0.25, 0.3) is 0 Å². The van der Waals surface area contributed by atoms with Crippen LogP contribution in [0, 0.1) is 0 Å². The maximum Gasteiger partial charge on any atom is 0.205 e. The van der Waals surface area contributed by atoms with E-state index in [1.807, 2.05) is 0 Å². The molecule has 0 bridgehead atoms. The molecule has 0 aliphatic carbocycles. The molecule has 0 atom stereocenters. The molecule has 25 heavy (non-hydrogen) atoms. The summed E-state index contributed by atoms with van der Waals surface area (Å²) in [6, 6.07) is 25.4. The fourth-order valence-electron chi connectivity index (χ4n) is 2.63. The number of halogens is 1. The van der Waals surface area contributed by atoms with Crippen LogP contribution in [-0.2, 0) is 6.54 Å². The topological polar surface area (TPSA) is 7.12 Å². The first kappa shape index (κ1) is 18.9. The lowest BCUT2D eigenvalue weighted by atomic mass is 10.1. The highest BCUT2D eigenvalue weighted by Gasteiger charge is 2.07. The number of rotatable bonds is 5. The van der Waals surface area contributed by atoms with Crippen molar-refractivity contribution in [2.45, 2.75) is 6.54 Å². The van der Waals surface area contributed by atoms with Gasteiger partial charge in [-0.25, -0.2) is 0 Å². The summed E-state index contributed by atoms with van der Waals surface area (Å²) < 4.78 is 2.26. The molecule has 0 aliphatic heterocycles. The summed E-state index contributed by atoms with van der Waals surface area (Å²) in [6.07, 6.45) is 6.46. The Bertz CT molecular complexity index is 809. The van der Waals surface area contributed by atoms with E-state index in [2.05, 4.69) is 115 Å². The molecule has 0 unspecified atom stereocenters. The average molecular weight is 395 g/mol. The summed E-state index contributed by atoms with van der Waals surface area (Å²) in [7, 11) is 4.11. The SMILES string of the molecule is CN(C)c1ccc(/C=C/c2cccc[n+]2Cc2ccccc2)cc1.[Br-]. The van der Waals surface area contributed by atoms with Crippen LogP contribution in [0.5, 0.6) is 0 Å². The molecule has 0 fully saturated rings. The molecule has 3 heteroatoms. The van der Waals surface area contributed by atoms with Gasteiger partial charge in [-0.2, -0.15) is 4.57 Å². The number of anilines is 1. The van der Waals surface area contributed by atoms with Crippen molar-refractivity contribution in [3.63, 3.8) is 0 Å². The number of aromatic nitrogens is 1. The van der Waals surface area contributed by atoms with E-state index >= 15 is 0 Å². The van der Waals surface area contributed by atoms with Crippen LogP contribution >= 0.6 is 0 Å². The largest absolute Gasteiger partial charge is 1.00 e. The lowest BCUT2D eigenvalue weighted by Gasteiger charge is -2.11. The lowest BCUT2D eigenvalue weighted by molar-refractivity contribution is -0.690. The first-order valence-corrected chi connectivity index (χ1v) is 8.20. The molecule has 0 spiro atoms. The Morgan fingerprint density at radius 2 is 1.48 bits per heavy atom. The molecule has 0 N–H and O–H groups in total. The molecular weight excluding hydrogens is 372 g/mol. The number of hydrogen-bond donors (Lipinski definition) is 0. The van der Waals surface area contributed by atoms with Gasteiger partial charge >= 0.3 is 0 Å². The van der Waals surface area contributed by atoms with Crippen LogP contribution in [0.25, 0.3) is 12.2 Å². The van der Waals surface area contributed by atoms with Gasteiger partial charge < -0.3 is 21.9 Å². The minimum Gasteiger partial charge on any atom is -1.00 e. The second-order valence-corrected chi connectivity index (χ2v) is 6.06. The quantitative estimate of drug-likeness (QED) is 0.591. The number of benzene rings is 2. The molecular formula is C22H23BrN2. The van der Waals surface area contributed by atoms with Crippen LogP contribution in [0.3, 0.4) is 0 Å². The Morgan fingerprint density at radius 1 is 0.800 bits per heavy atom. The van der Waals surface area contributed by atoms with Gasteiger partial charge in [0.05, 0.1) is 0 Å². The molecule has 1 heterocycles. The maximum atomic E-state index is 2.26. The molecule has 3 aromatic rings. The van der Waals surface area contributed by atoms with E-state index in [0.29, 0.717) is 0 Å². The first-order chi connectivity index (χ1) is 11.7. The van der Waals surface area contributed by atoms with Crippen LogP contribution < -0.4 is 26.4 Å². The van der Waals surface area contributed by atoms with Gasteiger partial charge in [0, 0.05) is 43.6 Å². The van der Waals surface area contributed by atoms with E-state index in [0.717, 1.165) is 6.54 Å². The third kappa shape index (κ3) is 5.30. The number of nitrogens with zero attached hydrogens (tertiary/aromatic N) is 2. The van der Waals surface area contributed by atoms with E-state index < -0.39 is 0 Å². The van der Waals surface area contributed by atoms with E-state index in [9.17, 15) is 0 Å². The maximum absolute atomic E-state index is 2.26. The van der Waals surface area contributed by atoms with Gasteiger partial charge in [0.1, 0.15) is 0 Å². The standard InChI is InChI=1S/C22H23N2.BrH/c1-23(2)21-14-11-19(12-15-21)13-16-22-10-6-7-17-24(22)18-20-8-4-3-5-9-20;/h3-17H,18H2,1-2H3;1H/q+1;/p-1. The fourth-order valence-corrected chi connectivity index (χ4v) is 2.63. The van der Waals surface area contributed by atoms with E-state index in [-0.39, 0.29) is 17.0 Å². The van der Waals surface area contributed by atoms with E-state index in [1.54, 1.807) is 0 Å². The third-order valence-electron chi connectivity index (χ3n) is 4.03. The van der Waals surface area contributed by atoms with Crippen molar-refractivity contribution in [1.82, 2.24) is 0 Å².